The number of phenols is 1. The summed E-state index contributed by atoms with van der Waals surface area (Å²) >= 11 is 0. The van der Waals surface area contributed by atoms with Crippen LogP contribution in [0.4, 0.5) is 0 Å². The summed E-state index contributed by atoms with van der Waals surface area (Å²) < 4.78 is 2.01. The fourth-order valence-electron chi connectivity index (χ4n) is 3.02. The fraction of sp³-hybridized carbons (Fsp3) is 0.222. The van der Waals surface area contributed by atoms with E-state index in [0.29, 0.717) is 24.0 Å². The number of fused-ring (bicyclic) bond motifs is 1. The maximum atomic E-state index is 9.96. The van der Waals surface area contributed by atoms with Gasteiger partial charge in [0.05, 0.1) is 29.4 Å². The molecule has 1 N–H and O–H groups in total. The monoisotopic (exact) mass is 317 g/mol. The van der Waals surface area contributed by atoms with Gasteiger partial charge in [0, 0.05) is 5.56 Å². The number of hydrogen-bond donors (Lipinski definition) is 1. The summed E-state index contributed by atoms with van der Waals surface area (Å²) in [5.41, 5.74) is 4.50. The number of para-hydroxylation sites is 1. The molecule has 6 nitrogen and oxygen atoms in total. The number of phenolic OH excluding ortho intramolecular Hbond substituents is 1. The number of aromatic hydroxyl groups is 1. The average Bonchev–Trinajstić information content (AvgIpc) is 3.18. The molecule has 118 valence electrons. The topological polar surface area (TPSA) is 75.7 Å². The zero-order valence-corrected chi connectivity index (χ0v) is 12.9. The molecule has 2 aromatic carbocycles. The third-order valence-electron chi connectivity index (χ3n) is 4.46. The molecule has 2 aliphatic rings. The predicted octanol–water partition coefficient (Wildman–Crippen LogP) is 2.72. The first kappa shape index (κ1) is 13.4. The van der Waals surface area contributed by atoms with Gasteiger partial charge in [0.1, 0.15) is 11.3 Å². The van der Waals surface area contributed by atoms with Gasteiger partial charge in [-0.05, 0) is 37.1 Å². The van der Waals surface area contributed by atoms with Crippen molar-refractivity contribution in [1.82, 2.24) is 15.0 Å². The van der Waals surface area contributed by atoms with Crippen LogP contribution in [0.3, 0.4) is 0 Å². The van der Waals surface area contributed by atoms with Crippen molar-refractivity contribution in [3.8, 4) is 5.75 Å². The second-order valence-corrected chi connectivity index (χ2v) is 6.18. The number of rotatable bonds is 3. The van der Waals surface area contributed by atoms with E-state index in [1.807, 2.05) is 28.9 Å². The van der Waals surface area contributed by atoms with E-state index < -0.39 is 0 Å². The van der Waals surface area contributed by atoms with Crippen LogP contribution >= 0.6 is 0 Å². The summed E-state index contributed by atoms with van der Waals surface area (Å²) in [6.45, 7) is 0.506. The largest absolute Gasteiger partial charge is 0.507 e. The van der Waals surface area contributed by atoms with Crippen molar-refractivity contribution < 1.29 is 5.11 Å². The Morgan fingerprint density at radius 1 is 1.08 bits per heavy atom. The average molecular weight is 317 g/mol. The molecule has 0 spiro atoms. The molecule has 0 bridgehead atoms. The standard InChI is InChI=1S/C18H15N5O/c24-17-4-2-1-3-13(17)18-19-10-15(20-18)11-5-8-16-14(9-11)21-22-23(16)12-6-7-12/h1-5,8-9,12,24H,6-7,10H2. The van der Waals surface area contributed by atoms with E-state index in [0.717, 1.165) is 22.3 Å². The normalized spacial score (nSPS) is 17.2. The van der Waals surface area contributed by atoms with Crippen molar-refractivity contribution in [2.45, 2.75) is 18.9 Å². The van der Waals surface area contributed by atoms with Crippen LogP contribution in [0.5, 0.6) is 5.75 Å². The zero-order chi connectivity index (χ0) is 16.1. The SMILES string of the molecule is Oc1ccccc1C1=NCC(c2ccc3c(c2)nnn3C2CC2)=N1. The maximum Gasteiger partial charge on any atom is 0.159 e. The lowest BCUT2D eigenvalue weighted by Gasteiger charge is -2.02. The van der Waals surface area contributed by atoms with Crippen LogP contribution in [-0.2, 0) is 0 Å². The third-order valence-corrected chi connectivity index (χ3v) is 4.46. The van der Waals surface area contributed by atoms with Gasteiger partial charge in [-0.1, -0.05) is 23.4 Å². The number of amidine groups is 1. The van der Waals surface area contributed by atoms with Crippen LogP contribution in [0.25, 0.3) is 11.0 Å². The summed E-state index contributed by atoms with van der Waals surface area (Å²) in [4.78, 5) is 9.06. The van der Waals surface area contributed by atoms with Gasteiger partial charge >= 0.3 is 0 Å². The number of aliphatic imine (C=N–C) groups is 2. The smallest absolute Gasteiger partial charge is 0.159 e. The first-order chi connectivity index (χ1) is 11.8. The minimum absolute atomic E-state index is 0.198. The Bertz CT molecular complexity index is 1010. The molecule has 0 saturated heterocycles. The summed E-state index contributed by atoms with van der Waals surface area (Å²) in [6, 6.07) is 13.8. The highest BCUT2D eigenvalue weighted by molar-refractivity contribution is 6.18. The Kier molecular flexibility index (Phi) is 2.79. The van der Waals surface area contributed by atoms with Crippen molar-refractivity contribution in [3.05, 3.63) is 53.6 Å². The van der Waals surface area contributed by atoms with Gasteiger partial charge in [-0.3, -0.25) is 4.99 Å². The molecule has 5 rings (SSSR count). The number of benzene rings is 2. The molecular weight excluding hydrogens is 302 g/mol. The van der Waals surface area contributed by atoms with E-state index in [2.05, 4.69) is 26.4 Å². The highest BCUT2D eigenvalue weighted by Gasteiger charge is 2.26. The Morgan fingerprint density at radius 2 is 1.96 bits per heavy atom. The minimum atomic E-state index is 0.198. The van der Waals surface area contributed by atoms with E-state index in [1.54, 1.807) is 12.1 Å². The minimum Gasteiger partial charge on any atom is -0.507 e. The fourth-order valence-corrected chi connectivity index (χ4v) is 3.02. The molecule has 0 unspecified atom stereocenters. The Balaban J connectivity index is 1.50. The molecule has 1 aliphatic heterocycles. The molecule has 1 aliphatic carbocycles. The van der Waals surface area contributed by atoms with Gasteiger partial charge in [0.2, 0.25) is 0 Å². The van der Waals surface area contributed by atoms with Crippen LogP contribution in [0, 0.1) is 0 Å². The van der Waals surface area contributed by atoms with Gasteiger partial charge in [-0.25, -0.2) is 9.67 Å². The molecule has 0 atom stereocenters. The highest BCUT2D eigenvalue weighted by atomic mass is 16.3. The van der Waals surface area contributed by atoms with Crippen LogP contribution in [0.2, 0.25) is 0 Å². The lowest BCUT2D eigenvalue weighted by atomic mass is 10.1. The second kappa shape index (κ2) is 4.99. The van der Waals surface area contributed by atoms with Crippen molar-refractivity contribution in [1.29, 1.82) is 0 Å². The van der Waals surface area contributed by atoms with Gasteiger partial charge in [-0.15, -0.1) is 5.10 Å². The van der Waals surface area contributed by atoms with Gasteiger partial charge in [0.15, 0.2) is 5.84 Å². The Hall–Kier alpha value is -3.02. The molecule has 1 saturated carbocycles. The number of nitrogens with zero attached hydrogens (tertiary/aromatic N) is 5. The quantitative estimate of drug-likeness (QED) is 0.807. The van der Waals surface area contributed by atoms with Crippen LogP contribution in [0.1, 0.15) is 30.0 Å². The van der Waals surface area contributed by atoms with E-state index in [-0.39, 0.29) is 5.75 Å². The van der Waals surface area contributed by atoms with Crippen molar-refractivity contribution in [2.24, 2.45) is 9.98 Å². The van der Waals surface area contributed by atoms with E-state index in [1.165, 1.54) is 12.8 Å². The first-order valence-electron chi connectivity index (χ1n) is 8.05. The molecule has 1 aromatic heterocycles. The summed E-state index contributed by atoms with van der Waals surface area (Å²) in [7, 11) is 0. The van der Waals surface area contributed by atoms with E-state index in [4.69, 9.17) is 0 Å². The Morgan fingerprint density at radius 3 is 2.79 bits per heavy atom. The molecule has 3 aromatic rings. The van der Waals surface area contributed by atoms with Crippen molar-refractivity contribution in [2.75, 3.05) is 6.54 Å². The molecule has 0 amide bonds. The summed E-state index contributed by atoms with van der Waals surface area (Å²) in [6.07, 6.45) is 2.37. The predicted molar refractivity (Wildman–Crippen MR) is 91.8 cm³/mol. The van der Waals surface area contributed by atoms with Crippen LogP contribution in [0.15, 0.2) is 52.4 Å². The molecule has 2 heterocycles. The van der Waals surface area contributed by atoms with Crippen molar-refractivity contribution >= 4 is 22.6 Å². The Labute approximate surface area is 138 Å². The lowest BCUT2D eigenvalue weighted by Crippen LogP contribution is -2.02. The van der Waals surface area contributed by atoms with Crippen LogP contribution < -0.4 is 0 Å². The van der Waals surface area contributed by atoms with Crippen LogP contribution in [-0.4, -0.2) is 38.2 Å². The highest BCUT2D eigenvalue weighted by Crippen LogP contribution is 2.36. The lowest BCUT2D eigenvalue weighted by molar-refractivity contribution is 0.474. The number of aromatic nitrogens is 3. The first-order valence-corrected chi connectivity index (χ1v) is 8.05. The second-order valence-electron chi connectivity index (χ2n) is 6.18. The van der Waals surface area contributed by atoms with E-state index >= 15 is 0 Å². The maximum absolute atomic E-state index is 9.96. The molecule has 6 heteroatoms. The summed E-state index contributed by atoms with van der Waals surface area (Å²) in [5, 5.41) is 18.5. The van der Waals surface area contributed by atoms with Gasteiger partial charge in [-0.2, -0.15) is 0 Å². The molecule has 1 fully saturated rings. The number of hydrogen-bond acceptors (Lipinski definition) is 5. The summed E-state index contributed by atoms with van der Waals surface area (Å²) in [5.74, 6) is 0.772. The van der Waals surface area contributed by atoms with Gasteiger partial charge in [0.25, 0.3) is 0 Å². The molecule has 24 heavy (non-hydrogen) atoms. The van der Waals surface area contributed by atoms with Gasteiger partial charge < -0.3 is 5.11 Å². The zero-order valence-electron chi connectivity index (χ0n) is 12.9. The molecule has 0 radical (unpaired) electrons. The molecular formula is C18H15N5O. The van der Waals surface area contributed by atoms with Crippen molar-refractivity contribution in [3.63, 3.8) is 0 Å². The van der Waals surface area contributed by atoms with E-state index in [9.17, 15) is 5.11 Å². The third kappa shape index (κ3) is 2.11.